The van der Waals surface area contributed by atoms with Crippen LogP contribution in [0.2, 0.25) is 0 Å². The smallest absolute Gasteiger partial charge is 0.247 e. The van der Waals surface area contributed by atoms with Crippen molar-refractivity contribution in [1.82, 2.24) is 24.4 Å². The summed E-state index contributed by atoms with van der Waals surface area (Å²) in [5.41, 5.74) is 2.84. The average Bonchev–Trinajstić information content (AvgIpc) is 3.32. The molecule has 0 spiro atoms. The van der Waals surface area contributed by atoms with Gasteiger partial charge in [0.15, 0.2) is 0 Å². The second-order valence-electron chi connectivity index (χ2n) is 8.45. The molecule has 4 aromatic rings. The van der Waals surface area contributed by atoms with Crippen molar-refractivity contribution in [3.05, 3.63) is 67.6 Å². The van der Waals surface area contributed by atoms with Gasteiger partial charge in [-0.25, -0.2) is 9.97 Å². The van der Waals surface area contributed by atoms with Gasteiger partial charge in [0.05, 0.1) is 24.2 Å². The van der Waals surface area contributed by atoms with Gasteiger partial charge in [-0.2, -0.15) is 4.98 Å². The minimum Gasteiger partial charge on any atom is -0.494 e. The first-order valence-corrected chi connectivity index (χ1v) is 11.4. The van der Waals surface area contributed by atoms with Gasteiger partial charge < -0.3 is 25.2 Å². The number of methoxy groups -OCH3 is 1. The number of carbonyl (C=O) groups excluding carboxylic acids is 1. The van der Waals surface area contributed by atoms with Crippen LogP contribution < -0.4 is 20.3 Å². The highest BCUT2D eigenvalue weighted by molar-refractivity contribution is 6.02. The minimum absolute atomic E-state index is 0.307. The Labute approximate surface area is 210 Å². The molecule has 10 heteroatoms. The number of nitrogens with zero attached hydrogens (tertiary/aromatic N) is 6. The van der Waals surface area contributed by atoms with Gasteiger partial charge in [-0.05, 0) is 50.5 Å². The highest BCUT2D eigenvalue weighted by atomic mass is 16.5. The minimum atomic E-state index is -0.307. The van der Waals surface area contributed by atoms with Crippen molar-refractivity contribution in [1.29, 1.82) is 0 Å². The topological polar surface area (TPSA) is 100 Å². The van der Waals surface area contributed by atoms with E-state index < -0.39 is 0 Å². The van der Waals surface area contributed by atoms with Gasteiger partial charge in [-0.15, -0.1) is 0 Å². The summed E-state index contributed by atoms with van der Waals surface area (Å²) < 4.78 is 7.58. The largest absolute Gasteiger partial charge is 0.494 e. The molecule has 2 N–H and O–H groups in total. The van der Waals surface area contributed by atoms with E-state index in [9.17, 15) is 4.79 Å². The highest BCUT2D eigenvalue weighted by Gasteiger charge is 2.17. The Morgan fingerprint density at radius 2 is 1.94 bits per heavy atom. The molecular weight excluding hydrogens is 456 g/mol. The van der Waals surface area contributed by atoms with E-state index in [4.69, 9.17) is 4.74 Å². The van der Waals surface area contributed by atoms with E-state index in [1.54, 1.807) is 19.5 Å². The third kappa shape index (κ3) is 5.44. The number of fused-ring (bicyclic) bond motifs is 1. The first-order valence-electron chi connectivity index (χ1n) is 11.4. The Morgan fingerprint density at radius 3 is 2.69 bits per heavy atom. The van der Waals surface area contributed by atoms with E-state index in [1.165, 1.54) is 6.08 Å². The average molecular weight is 487 g/mol. The molecule has 0 bridgehead atoms. The maximum Gasteiger partial charge on any atom is 0.247 e. The number of aromatic nitrogens is 4. The molecule has 10 nitrogen and oxygen atoms in total. The van der Waals surface area contributed by atoms with Crippen molar-refractivity contribution >= 4 is 40.0 Å². The number of anilines is 4. The number of rotatable bonds is 10. The molecule has 0 aliphatic heterocycles. The second-order valence-corrected chi connectivity index (χ2v) is 8.45. The first-order chi connectivity index (χ1) is 17.4. The Balaban J connectivity index is 1.69. The zero-order valence-corrected chi connectivity index (χ0v) is 20.9. The molecule has 0 saturated heterocycles. The quantitative estimate of drug-likeness (QED) is 0.328. The Hall–Kier alpha value is -4.44. The van der Waals surface area contributed by atoms with Gasteiger partial charge in [0.1, 0.15) is 17.2 Å². The number of benzene rings is 1. The molecule has 36 heavy (non-hydrogen) atoms. The molecule has 1 aromatic carbocycles. The monoisotopic (exact) mass is 486 g/mol. The Bertz CT molecular complexity index is 1380. The van der Waals surface area contributed by atoms with E-state index in [2.05, 4.69) is 42.0 Å². The summed E-state index contributed by atoms with van der Waals surface area (Å²) in [4.78, 5) is 29.9. The van der Waals surface area contributed by atoms with Crippen LogP contribution in [0, 0.1) is 0 Å². The Kier molecular flexibility index (Phi) is 7.45. The molecule has 0 atom stereocenters. The fraction of sp³-hybridized carbons (Fsp3) is 0.231. The van der Waals surface area contributed by atoms with Crippen LogP contribution >= 0.6 is 0 Å². The number of hydrogen-bond donors (Lipinski definition) is 2. The summed E-state index contributed by atoms with van der Waals surface area (Å²) in [5, 5.41) is 7.15. The number of hydrogen-bond acceptors (Lipinski definition) is 8. The zero-order valence-electron chi connectivity index (χ0n) is 20.9. The lowest BCUT2D eigenvalue weighted by Gasteiger charge is -2.26. The molecule has 0 aliphatic carbocycles. The summed E-state index contributed by atoms with van der Waals surface area (Å²) in [6.45, 7) is 5.17. The molecule has 0 fully saturated rings. The van der Waals surface area contributed by atoms with Crippen LogP contribution in [0.4, 0.5) is 23.0 Å². The molecule has 0 radical (unpaired) electrons. The van der Waals surface area contributed by atoms with Crippen LogP contribution in [0.3, 0.4) is 0 Å². The maximum absolute atomic E-state index is 12.2. The van der Waals surface area contributed by atoms with E-state index in [0.717, 1.165) is 29.8 Å². The van der Waals surface area contributed by atoms with Crippen LogP contribution in [-0.2, 0) is 4.79 Å². The predicted molar refractivity (Wildman–Crippen MR) is 144 cm³/mol. The van der Waals surface area contributed by atoms with Crippen molar-refractivity contribution in [2.24, 2.45) is 0 Å². The molecule has 4 rings (SSSR count). The van der Waals surface area contributed by atoms with Gasteiger partial charge in [-0.3, -0.25) is 9.36 Å². The maximum atomic E-state index is 12.2. The van der Waals surface area contributed by atoms with Gasteiger partial charge in [0, 0.05) is 50.2 Å². The van der Waals surface area contributed by atoms with Crippen LogP contribution in [0.15, 0.2) is 67.6 Å². The molecular formula is C26H30N8O2. The number of carbonyl (C=O) groups is 1. The van der Waals surface area contributed by atoms with Gasteiger partial charge in [-0.1, -0.05) is 6.58 Å². The number of nitrogens with one attached hydrogen (secondary N) is 2. The third-order valence-electron chi connectivity index (χ3n) is 5.64. The lowest BCUT2D eigenvalue weighted by Crippen LogP contribution is -2.29. The molecule has 1 amide bonds. The number of ether oxygens (including phenoxy) is 1. The van der Waals surface area contributed by atoms with E-state index in [-0.39, 0.29) is 5.91 Å². The molecule has 3 aromatic heterocycles. The molecule has 0 saturated carbocycles. The summed E-state index contributed by atoms with van der Waals surface area (Å²) >= 11 is 0. The molecule has 186 valence electrons. The van der Waals surface area contributed by atoms with E-state index >= 15 is 0 Å². The fourth-order valence-corrected chi connectivity index (χ4v) is 3.72. The van der Waals surface area contributed by atoms with Crippen molar-refractivity contribution in [3.8, 4) is 11.6 Å². The fourth-order valence-electron chi connectivity index (χ4n) is 3.72. The third-order valence-corrected chi connectivity index (χ3v) is 5.64. The van der Waals surface area contributed by atoms with Crippen molar-refractivity contribution in [2.45, 2.75) is 0 Å². The van der Waals surface area contributed by atoms with E-state index in [1.807, 2.05) is 68.3 Å². The normalized spacial score (nSPS) is 10.9. The SMILES string of the molecule is C=CC(=O)Nc1cc(Nc2nccc(-n3ccc4cccnc43)n2)c(OC)cc1N(C)CCN(C)C. The van der Waals surface area contributed by atoms with Gasteiger partial charge in [0.25, 0.3) is 0 Å². The van der Waals surface area contributed by atoms with Gasteiger partial charge >= 0.3 is 0 Å². The lowest BCUT2D eigenvalue weighted by molar-refractivity contribution is -0.111. The summed E-state index contributed by atoms with van der Waals surface area (Å²) in [6, 6.07) is 11.4. The number of pyridine rings is 1. The summed E-state index contributed by atoms with van der Waals surface area (Å²) in [5.74, 6) is 1.32. The van der Waals surface area contributed by atoms with Gasteiger partial charge in [0.2, 0.25) is 11.9 Å². The van der Waals surface area contributed by atoms with Crippen molar-refractivity contribution < 1.29 is 9.53 Å². The van der Waals surface area contributed by atoms with E-state index in [0.29, 0.717) is 28.9 Å². The summed E-state index contributed by atoms with van der Waals surface area (Å²) in [7, 11) is 7.60. The van der Waals surface area contributed by atoms with Crippen molar-refractivity contribution in [2.75, 3.05) is 56.9 Å². The Morgan fingerprint density at radius 1 is 1.11 bits per heavy atom. The van der Waals surface area contributed by atoms with Crippen LogP contribution in [0.25, 0.3) is 16.9 Å². The zero-order chi connectivity index (χ0) is 25.7. The van der Waals surface area contributed by atoms with Crippen LogP contribution in [-0.4, -0.2) is 71.7 Å². The lowest BCUT2D eigenvalue weighted by atomic mass is 10.2. The highest BCUT2D eigenvalue weighted by Crippen LogP contribution is 2.38. The molecule has 0 aliphatic rings. The second kappa shape index (κ2) is 10.9. The first kappa shape index (κ1) is 24.7. The van der Waals surface area contributed by atoms with Crippen molar-refractivity contribution in [3.63, 3.8) is 0 Å². The number of likely N-dealkylation sites (N-methyl/N-ethyl adjacent to an activating group) is 2. The molecule has 3 heterocycles. The van der Waals surface area contributed by atoms with Crippen LogP contribution in [0.5, 0.6) is 5.75 Å². The molecule has 0 unspecified atom stereocenters. The summed E-state index contributed by atoms with van der Waals surface area (Å²) in [6.07, 6.45) is 6.59. The number of amides is 1. The standard InChI is InChI=1S/C26H30N8O2/c1-6-24(35)29-19-16-20(22(36-5)17-21(19)33(4)15-14-32(2)3)30-26-28-12-9-23(31-26)34-13-10-18-8-7-11-27-25(18)34/h6-13,16-17H,1,14-15H2,2-5H3,(H,29,35)(H,28,30,31). The predicted octanol–water partition coefficient (Wildman–Crippen LogP) is 3.69. The van der Waals surface area contributed by atoms with Crippen LogP contribution in [0.1, 0.15) is 0 Å².